The maximum Gasteiger partial charge on any atom is 0.169 e. The van der Waals surface area contributed by atoms with E-state index in [1.165, 1.54) is 0 Å². The van der Waals surface area contributed by atoms with Gasteiger partial charge in [0.25, 0.3) is 0 Å². The van der Waals surface area contributed by atoms with Gasteiger partial charge >= 0.3 is 0 Å². The summed E-state index contributed by atoms with van der Waals surface area (Å²) in [7, 11) is 2.18. The molecule has 1 aliphatic heterocycles. The number of rotatable bonds is 7. The van der Waals surface area contributed by atoms with Crippen LogP contribution in [0.1, 0.15) is 13.3 Å². The van der Waals surface area contributed by atoms with Crippen LogP contribution in [0.5, 0.6) is 0 Å². The van der Waals surface area contributed by atoms with E-state index >= 15 is 0 Å². The van der Waals surface area contributed by atoms with E-state index in [-0.39, 0.29) is 0 Å². The van der Waals surface area contributed by atoms with E-state index in [1.807, 2.05) is 12.1 Å². The van der Waals surface area contributed by atoms with Crippen LogP contribution in [-0.4, -0.2) is 72.6 Å². The zero-order valence-corrected chi connectivity index (χ0v) is 18.3. The van der Waals surface area contributed by atoms with Crippen molar-refractivity contribution in [3.8, 4) is 0 Å². The lowest BCUT2D eigenvalue weighted by atomic mass is 10.3. The summed E-state index contributed by atoms with van der Waals surface area (Å²) >= 11 is 8.48. The number of benzene rings is 1. The second-order valence-corrected chi connectivity index (χ2v) is 8.24. The molecular weight excluding hydrogens is 463 g/mol. The summed E-state index contributed by atoms with van der Waals surface area (Å²) in [5, 5.41) is 7.58. The van der Waals surface area contributed by atoms with Crippen molar-refractivity contribution in [1.82, 2.24) is 19.8 Å². The van der Waals surface area contributed by atoms with Crippen LogP contribution in [0.4, 0.5) is 11.6 Å². The molecule has 26 heavy (non-hydrogen) atoms. The highest BCUT2D eigenvalue weighted by Gasteiger charge is 2.14. The smallest absolute Gasteiger partial charge is 0.169 e. The van der Waals surface area contributed by atoms with Crippen LogP contribution < -0.4 is 10.6 Å². The molecule has 0 atom stereocenters. The Morgan fingerprint density at radius 3 is 2.31 bits per heavy atom. The lowest BCUT2D eigenvalue weighted by Gasteiger charge is -2.32. The van der Waals surface area contributed by atoms with Gasteiger partial charge < -0.3 is 15.5 Å². The minimum Gasteiger partial charge on any atom is -0.367 e. The number of nitrogens with one attached hydrogen (secondary N) is 2. The average Bonchev–Trinajstić information content (AvgIpc) is 2.63. The van der Waals surface area contributed by atoms with Gasteiger partial charge in [-0.2, -0.15) is 0 Å². The van der Waals surface area contributed by atoms with Crippen LogP contribution in [0.25, 0.3) is 11.0 Å². The van der Waals surface area contributed by atoms with Crippen LogP contribution >= 0.6 is 34.2 Å². The zero-order chi connectivity index (χ0) is 18.5. The molecule has 142 valence electrons. The highest BCUT2D eigenvalue weighted by Crippen LogP contribution is 2.27. The molecule has 0 radical (unpaired) electrons. The summed E-state index contributed by atoms with van der Waals surface area (Å²) in [5.41, 5.74) is 1.68. The van der Waals surface area contributed by atoms with E-state index in [0.717, 1.165) is 78.5 Å². The van der Waals surface area contributed by atoms with Gasteiger partial charge in [0.2, 0.25) is 0 Å². The van der Waals surface area contributed by atoms with Crippen LogP contribution in [0.3, 0.4) is 0 Å². The minimum atomic E-state index is 0.713. The van der Waals surface area contributed by atoms with Crippen molar-refractivity contribution in [2.75, 3.05) is 63.5 Å². The molecule has 0 amide bonds. The SMILES string of the molecule is CCCNc1nc2cc(I)c(Cl)cc2nc1NCCN1CCN(C)CC1. The molecule has 1 aromatic heterocycles. The highest BCUT2D eigenvalue weighted by atomic mass is 127. The Morgan fingerprint density at radius 2 is 1.65 bits per heavy atom. The van der Waals surface area contributed by atoms with Crippen molar-refractivity contribution in [1.29, 1.82) is 0 Å². The average molecular weight is 489 g/mol. The number of hydrogen-bond donors (Lipinski definition) is 2. The van der Waals surface area contributed by atoms with Gasteiger partial charge in [0, 0.05) is 49.4 Å². The first kappa shape index (κ1) is 19.9. The number of fused-ring (bicyclic) bond motifs is 1. The monoisotopic (exact) mass is 488 g/mol. The lowest BCUT2D eigenvalue weighted by Crippen LogP contribution is -2.45. The number of hydrogen-bond acceptors (Lipinski definition) is 6. The van der Waals surface area contributed by atoms with Crippen molar-refractivity contribution in [2.24, 2.45) is 0 Å². The maximum atomic E-state index is 6.26. The first-order chi connectivity index (χ1) is 12.6. The fraction of sp³-hybridized carbons (Fsp3) is 0.556. The van der Waals surface area contributed by atoms with Crippen molar-refractivity contribution >= 4 is 56.9 Å². The predicted octanol–water partition coefficient (Wildman–Crippen LogP) is 3.37. The Morgan fingerprint density at radius 1 is 1.04 bits per heavy atom. The van der Waals surface area contributed by atoms with Gasteiger partial charge in [0.05, 0.1) is 16.1 Å². The molecule has 2 N–H and O–H groups in total. The summed E-state index contributed by atoms with van der Waals surface area (Å²) in [4.78, 5) is 14.4. The first-order valence-electron chi connectivity index (χ1n) is 9.12. The molecule has 0 saturated carbocycles. The van der Waals surface area contributed by atoms with Crippen LogP contribution in [0, 0.1) is 3.57 Å². The predicted molar refractivity (Wildman–Crippen MR) is 118 cm³/mol. The second-order valence-electron chi connectivity index (χ2n) is 6.67. The van der Waals surface area contributed by atoms with Gasteiger partial charge in [-0.3, -0.25) is 4.90 Å². The number of anilines is 2. The molecule has 0 spiro atoms. The topological polar surface area (TPSA) is 56.3 Å². The van der Waals surface area contributed by atoms with E-state index in [0.29, 0.717) is 5.02 Å². The Bertz CT molecular complexity index is 748. The fourth-order valence-corrected chi connectivity index (χ4v) is 3.55. The fourth-order valence-electron chi connectivity index (χ4n) is 2.95. The largest absolute Gasteiger partial charge is 0.367 e. The summed E-state index contributed by atoms with van der Waals surface area (Å²) in [6.45, 7) is 9.39. The summed E-state index contributed by atoms with van der Waals surface area (Å²) in [6.07, 6.45) is 1.04. The number of likely N-dealkylation sites (N-methyl/N-ethyl adjacent to an activating group) is 1. The van der Waals surface area contributed by atoms with Crippen molar-refractivity contribution in [3.05, 3.63) is 20.7 Å². The third-order valence-electron chi connectivity index (χ3n) is 4.57. The summed E-state index contributed by atoms with van der Waals surface area (Å²) in [5.74, 6) is 1.62. The standard InChI is InChI=1S/C18H26ClIN6/c1-3-4-21-17-18(22-5-6-26-9-7-25(2)8-10-26)23-15-11-13(19)14(20)12-16(15)24-17/h11-12H,3-10H2,1-2H3,(H,21,24)(H,22,23). The minimum absolute atomic E-state index is 0.713. The quantitative estimate of drug-likeness (QED) is 0.583. The normalized spacial score (nSPS) is 16.2. The summed E-state index contributed by atoms with van der Waals surface area (Å²) < 4.78 is 0.989. The lowest BCUT2D eigenvalue weighted by molar-refractivity contribution is 0.158. The molecule has 0 aliphatic carbocycles. The number of nitrogens with zero attached hydrogens (tertiary/aromatic N) is 4. The molecule has 1 aliphatic rings. The molecule has 1 saturated heterocycles. The highest BCUT2D eigenvalue weighted by molar-refractivity contribution is 14.1. The number of aromatic nitrogens is 2. The number of piperazine rings is 1. The van der Waals surface area contributed by atoms with Crippen molar-refractivity contribution in [2.45, 2.75) is 13.3 Å². The maximum absolute atomic E-state index is 6.26. The van der Waals surface area contributed by atoms with Crippen LogP contribution in [0.2, 0.25) is 5.02 Å². The molecule has 1 aromatic carbocycles. The molecular formula is C18H26ClIN6. The van der Waals surface area contributed by atoms with Crippen molar-refractivity contribution < 1.29 is 0 Å². The van der Waals surface area contributed by atoms with Gasteiger partial charge in [-0.15, -0.1) is 0 Å². The van der Waals surface area contributed by atoms with Gasteiger partial charge in [-0.25, -0.2) is 9.97 Å². The second kappa shape index (κ2) is 9.34. The Hall–Kier alpha value is -0.900. The van der Waals surface area contributed by atoms with Gasteiger partial charge in [0.15, 0.2) is 11.6 Å². The molecule has 8 heteroatoms. The Kier molecular flexibility index (Phi) is 7.13. The van der Waals surface area contributed by atoms with E-state index in [2.05, 4.69) is 57.0 Å². The molecule has 2 aromatic rings. The molecule has 6 nitrogen and oxygen atoms in total. The molecule has 0 bridgehead atoms. The van der Waals surface area contributed by atoms with Gasteiger partial charge in [-0.05, 0) is 48.2 Å². The molecule has 0 unspecified atom stereocenters. The van der Waals surface area contributed by atoms with E-state index in [1.54, 1.807) is 0 Å². The van der Waals surface area contributed by atoms with E-state index in [9.17, 15) is 0 Å². The van der Waals surface area contributed by atoms with E-state index < -0.39 is 0 Å². The first-order valence-corrected chi connectivity index (χ1v) is 10.6. The third-order valence-corrected chi connectivity index (χ3v) is 6.09. The van der Waals surface area contributed by atoms with Crippen LogP contribution in [0.15, 0.2) is 12.1 Å². The van der Waals surface area contributed by atoms with E-state index in [4.69, 9.17) is 21.6 Å². The zero-order valence-electron chi connectivity index (χ0n) is 15.4. The van der Waals surface area contributed by atoms with Crippen LogP contribution in [-0.2, 0) is 0 Å². The van der Waals surface area contributed by atoms with Gasteiger partial charge in [0.1, 0.15) is 0 Å². The molecule has 2 heterocycles. The van der Waals surface area contributed by atoms with Gasteiger partial charge in [-0.1, -0.05) is 18.5 Å². The summed E-state index contributed by atoms with van der Waals surface area (Å²) in [6, 6.07) is 3.87. The molecule has 1 fully saturated rings. The molecule has 3 rings (SSSR count). The van der Waals surface area contributed by atoms with Crippen molar-refractivity contribution in [3.63, 3.8) is 0 Å². The third kappa shape index (κ3) is 5.09. The Balaban J connectivity index is 1.72. The number of halogens is 2. The Labute approximate surface area is 173 Å².